The first kappa shape index (κ1) is 24.4. The number of nitrogens with zero attached hydrogens (tertiary/aromatic N) is 6. The first-order valence-electron chi connectivity index (χ1n) is 11.3. The molecule has 1 aliphatic heterocycles. The Balaban J connectivity index is 1.31. The van der Waals surface area contributed by atoms with E-state index in [1.807, 2.05) is 0 Å². The molecular weight excluding hydrogens is 525 g/mol. The van der Waals surface area contributed by atoms with Crippen molar-refractivity contribution in [2.45, 2.75) is 29.7 Å². The van der Waals surface area contributed by atoms with E-state index in [4.69, 9.17) is 14.9 Å². The number of hydrogen-bond donors (Lipinski definition) is 3. The van der Waals surface area contributed by atoms with Crippen molar-refractivity contribution >= 4 is 39.5 Å². The predicted octanol–water partition coefficient (Wildman–Crippen LogP) is 3.14. The number of hydrogen-bond acceptors (Lipinski definition) is 12. The number of thioether (sulfide) groups is 1. The number of aliphatic hydroxyl groups excluding tert-OH is 1. The normalized spacial score (nSPS) is 25.5. The molecule has 0 unspecified atom stereocenters. The molecule has 15 heteroatoms. The van der Waals surface area contributed by atoms with Crippen molar-refractivity contribution in [2.24, 2.45) is 16.6 Å². The number of rotatable bonds is 7. The average molecular weight is 545 g/mol. The van der Waals surface area contributed by atoms with Gasteiger partial charge in [0.2, 0.25) is 11.8 Å². The number of alkyl halides is 2. The standard InChI is InChI=1S/C23H19F3N8O3S/c1-21(19-22(9-35,23(19,25)26)38-20(27)34-21)13-4-11(6-30-17(13)24)33-18-16-14(31-10-32-18)5-12(7-29-16)37-8-15-28-2-3-36-15/h2-7,10,19,35H,8-9H2,1H3,(H2,27,34)(H,31,32,33)/t19-,21+,22+/m0/s1. The summed E-state index contributed by atoms with van der Waals surface area (Å²) in [6, 6.07) is 2.97. The number of oxazole rings is 1. The molecule has 6 rings (SSSR count). The van der Waals surface area contributed by atoms with E-state index in [0.29, 0.717) is 34.4 Å². The molecule has 2 aliphatic rings. The molecule has 1 aliphatic carbocycles. The summed E-state index contributed by atoms with van der Waals surface area (Å²) >= 11 is 0.610. The molecule has 196 valence electrons. The Morgan fingerprint density at radius 2 is 2.03 bits per heavy atom. The van der Waals surface area contributed by atoms with Gasteiger partial charge in [0.15, 0.2) is 17.6 Å². The second kappa shape index (κ2) is 8.52. The summed E-state index contributed by atoms with van der Waals surface area (Å²) in [5, 5.41) is 12.6. The number of nitrogens with one attached hydrogen (secondary N) is 1. The summed E-state index contributed by atoms with van der Waals surface area (Å²) < 4.78 is 53.7. The number of ether oxygens (including phenoxy) is 1. The lowest BCUT2D eigenvalue weighted by Gasteiger charge is -2.31. The van der Waals surface area contributed by atoms with Crippen molar-refractivity contribution in [3.8, 4) is 5.75 Å². The number of pyridine rings is 2. The lowest BCUT2D eigenvalue weighted by atomic mass is 9.86. The summed E-state index contributed by atoms with van der Waals surface area (Å²) in [5.41, 5.74) is 4.95. The molecule has 0 amide bonds. The van der Waals surface area contributed by atoms with Gasteiger partial charge in [0.25, 0.3) is 5.92 Å². The first-order chi connectivity index (χ1) is 18.2. The van der Waals surface area contributed by atoms with Gasteiger partial charge in [-0.1, -0.05) is 11.8 Å². The van der Waals surface area contributed by atoms with Crippen LogP contribution >= 0.6 is 11.8 Å². The monoisotopic (exact) mass is 544 g/mol. The summed E-state index contributed by atoms with van der Waals surface area (Å²) in [7, 11) is 0. The Bertz CT molecular complexity index is 1570. The third kappa shape index (κ3) is 3.64. The molecule has 0 saturated heterocycles. The number of amidine groups is 1. The van der Waals surface area contributed by atoms with Crippen molar-refractivity contribution in [3.05, 3.63) is 60.7 Å². The zero-order chi connectivity index (χ0) is 26.7. The number of anilines is 2. The molecule has 11 nitrogen and oxygen atoms in total. The Labute approximate surface area is 216 Å². The molecule has 38 heavy (non-hydrogen) atoms. The largest absolute Gasteiger partial charge is 0.482 e. The minimum Gasteiger partial charge on any atom is -0.482 e. The molecule has 1 saturated carbocycles. The van der Waals surface area contributed by atoms with Gasteiger partial charge < -0.3 is 25.3 Å². The third-order valence-electron chi connectivity index (χ3n) is 6.68. The second-order valence-electron chi connectivity index (χ2n) is 8.97. The van der Waals surface area contributed by atoms with Crippen LogP contribution in [-0.2, 0) is 12.1 Å². The lowest BCUT2D eigenvalue weighted by molar-refractivity contribution is 0.0684. The van der Waals surface area contributed by atoms with Gasteiger partial charge in [-0.3, -0.25) is 4.99 Å². The minimum atomic E-state index is -3.32. The van der Waals surface area contributed by atoms with Crippen LogP contribution in [0.15, 0.2) is 52.7 Å². The van der Waals surface area contributed by atoms with E-state index in [9.17, 15) is 18.3 Å². The topological polar surface area (TPSA) is 157 Å². The lowest BCUT2D eigenvalue weighted by Crippen LogP contribution is -2.37. The van der Waals surface area contributed by atoms with Crippen LogP contribution in [0.5, 0.6) is 5.75 Å². The molecule has 4 aromatic rings. The van der Waals surface area contributed by atoms with Crippen LogP contribution in [0, 0.1) is 11.9 Å². The molecule has 4 N–H and O–H groups in total. The van der Waals surface area contributed by atoms with Crippen molar-refractivity contribution < 1.29 is 27.4 Å². The molecule has 0 radical (unpaired) electrons. The predicted molar refractivity (Wildman–Crippen MR) is 130 cm³/mol. The number of aliphatic imine (C=N–C) groups is 1. The molecule has 4 aromatic heterocycles. The maximum absolute atomic E-state index is 15.0. The third-order valence-corrected chi connectivity index (χ3v) is 7.98. The van der Waals surface area contributed by atoms with Crippen LogP contribution in [0.25, 0.3) is 11.0 Å². The van der Waals surface area contributed by atoms with E-state index in [-0.39, 0.29) is 28.8 Å². The zero-order valence-electron chi connectivity index (χ0n) is 19.6. The van der Waals surface area contributed by atoms with E-state index in [0.717, 1.165) is 0 Å². The van der Waals surface area contributed by atoms with Crippen molar-refractivity contribution in [1.82, 2.24) is 24.9 Å². The highest BCUT2D eigenvalue weighted by Gasteiger charge is 2.87. The molecule has 0 bridgehead atoms. The van der Waals surface area contributed by atoms with Crippen LogP contribution in [0.1, 0.15) is 18.4 Å². The fourth-order valence-electron chi connectivity index (χ4n) is 4.89. The van der Waals surface area contributed by atoms with Crippen LogP contribution in [-0.4, -0.2) is 52.5 Å². The van der Waals surface area contributed by atoms with Gasteiger partial charge in [0.1, 0.15) is 34.1 Å². The molecule has 0 aromatic carbocycles. The maximum atomic E-state index is 15.0. The number of nitrogens with two attached hydrogens (primary N) is 1. The number of fused-ring (bicyclic) bond motifs is 2. The van der Waals surface area contributed by atoms with Crippen molar-refractivity contribution in [2.75, 3.05) is 11.9 Å². The molecular formula is C23H19F3N8O3S. The fraction of sp³-hybridized carbons (Fsp3) is 0.304. The molecule has 1 fully saturated rings. The van der Waals surface area contributed by atoms with Crippen molar-refractivity contribution in [1.29, 1.82) is 0 Å². The van der Waals surface area contributed by atoms with Gasteiger partial charge >= 0.3 is 0 Å². The fourth-order valence-corrected chi connectivity index (χ4v) is 6.25. The number of aromatic nitrogens is 5. The summed E-state index contributed by atoms with van der Waals surface area (Å²) in [5.74, 6) is -4.69. The summed E-state index contributed by atoms with van der Waals surface area (Å²) in [4.78, 5) is 24.7. The Morgan fingerprint density at radius 3 is 2.79 bits per heavy atom. The minimum absolute atomic E-state index is 0.0995. The van der Waals surface area contributed by atoms with Crippen LogP contribution < -0.4 is 15.8 Å². The van der Waals surface area contributed by atoms with E-state index in [1.54, 1.807) is 6.07 Å². The smallest absolute Gasteiger partial charge is 0.272 e. The van der Waals surface area contributed by atoms with Gasteiger partial charge in [-0.05, 0) is 13.0 Å². The van der Waals surface area contributed by atoms with Gasteiger partial charge in [0.05, 0.1) is 42.3 Å². The highest BCUT2D eigenvalue weighted by atomic mass is 32.2. The van der Waals surface area contributed by atoms with Crippen LogP contribution in [0.3, 0.4) is 0 Å². The second-order valence-corrected chi connectivity index (χ2v) is 10.3. The van der Waals surface area contributed by atoms with E-state index in [1.165, 1.54) is 44.2 Å². The molecule has 5 heterocycles. The van der Waals surface area contributed by atoms with Crippen molar-refractivity contribution in [3.63, 3.8) is 0 Å². The molecule has 0 spiro atoms. The van der Waals surface area contributed by atoms with Gasteiger partial charge in [-0.15, -0.1) is 0 Å². The maximum Gasteiger partial charge on any atom is 0.272 e. The first-order valence-corrected chi connectivity index (χ1v) is 12.1. The van der Waals surface area contributed by atoms with E-state index >= 15 is 0 Å². The van der Waals surface area contributed by atoms with Crippen LogP contribution in [0.2, 0.25) is 0 Å². The quantitative estimate of drug-likeness (QED) is 0.294. The highest BCUT2D eigenvalue weighted by Crippen LogP contribution is 2.74. The summed E-state index contributed by atoms with van der Waals surface area (Å²) in [6.07, 6.45) is 6.90. The Morgan fingerprint density at radius 1 is 1.18 bits per heavy atom. The van der Waals surface area contributed by atoms with Gasteiger partial charge in [0, 0.05) is 11.6 Å². The van der Waals surface area contributed by atoms with Gasteiger partial charge in [-0.25, -0.2) is 33.7 Å². The van der Waals surface area contributed by atoms with E-state index in [2.05, 4.69) is 35.2 Å². The highest BCUT2D eigenvalue weighted by molar-refractivity contribution is 8.15. The SMILES string of the molecule is C[C@]1(c2cc(Nc3ncnc4cc(OCc5ncco5)cnc34)cnc2F)N=C(N)S[C@]2(CO)[C@H]1C2(F)F. The van der Waals surface area contributed by atoms with Crippen LogP contribution in [0.4, 0.5) is 24.7 Å². The Hall–Kier alpha value is -3.98. The Kier molecular flexibility index (Phi) is 5.47. The average Bonchev–Trinajstić information content (AvgIpc) is 3.19. The zero-order valence-corrected chi connectivity index (χ0v) is 20.4. The van der Waals surface area contributed by atoms with E-state index < -0.39 is 34.7 Å². The van der Waals surface area contributed by atoms with Gasteiger partial charge in [-0.2, -0.15) is 4.39 Å². The number of halogens is 3. The summed E-state index contributed by atoms with van der Waals surface area (Å²) in [6.45, 7) is 0.625. The number of aliphatic hydroxyl groups is 1. The molecule has 3 atom stereocenters.